The minimum atomic E-state index is -2.82. The van der Waals surface area contributed by atoms with E-state index in [1.54, 1.807) is 30.5 Å². The number of pyridine rings is 1. The topological polar surface area (TPSA) is 60.6 Å². The molecule has 2 aromatic rings. The van der Waals surface area contributed by atoms with Gasteiger partial charge in [-0.3, -0.25) is 9.88 Å². The molecule has 182 valence electrons. The highest BCUT2D eigenvalue weighted by molar-refractivity contribution is 6.30. The summed E-state index contributed by atoms with van der Waals surface area (Å²) >= 11 is 6.22. The van der Waals surface area contributed by atoms with Crippen molar-refractivity contribution >= 4 is 11.6 Å². The first-order chi connectivity index (χ1) is 16.5. The quantitative estimate of drug-likeness (QED) is 0.536. The van der Waals surface area contributed by atoms with E-state index in [1.807, 2.05) is 24.3 Å². The second-order valence-corrected chi connectivity index (χ2v) is 8.45. The highest BCUT2D eigenvalue weighted by atomic mass is 35.5. The number of nitrogens with two attached hydrogens (primary N) is 1. The van der Waals surface area contributed by atoms with Gasteiger partial charge >= 0.3 is 6.61 Å². The molecule has 1 aromatic carbocycles. The third-order valence-corrected chi connectivity index (χ3v) is 5.74. The molecule has 1 unspecified atom stereocenters. The number of hydrogen-bond donors (Lipinski definition) is 1. The number of rotatable bonds is 6. The van der Waals surface area contributed by atoms with E-state index >= 15 is 0 Å². The van der Waals surface area contributed by atoms with Crippen LogP contribution in [0.1, 0.15) is 36.6 Å². The second kappa shape index (κ2) is 13.2. The Labute approximate surface area is 204 Å². The van der Waals surface area contributed by atoms with Gasteiger partial charge in [-0.15, -0.1) is 0 Å². The number of allylic oxidation sites excluding steroid dienone is 2. The fraction of sp³-hybridized carbons (Fsp3) is 0.346. The highest BCUT2D eigenvalue weighted by Crippen LogP contribution is 2.33. The van der Waals surface area contributed by atoms with Gasteiger partial charge in [0.1, 0.15) is 11.9 Å². The van der Waals surface area contributed by atoms with Gasteiger partial charge in [-0.2, -0.15) is 8.78 Å². The average Bonchev–Trinajstić information content (AvgIpc) is 2.83. The molecular formula is C26H30ClF2N3O2. The van der Waals surface area contributed by atoms with Crippen LogP contribution in [-0.2, 0) is 11.3 Å². The van der Waals surface area contributed by atoms with Gasteiger partial charge in [-0.05, 0) is 79.1 Å². The highest BCUT2D eigenvalue weighted by Gasteiger charge is 2.22. The summed E-state index contributed by atoms with van der Waals surface area (Å²) in [6, 6.07) is 10.3. The number of ether oxygens (including phenoxy) is 2. The summed E-state index contributed by atoms with van der Waals surface area (Å²) in [5.41, 5.74) is 9.24. The third-order valence-electron chi connectivity index (χ3n) is 5.50. The van der Waals surface area contributed by atoms with Crippen LogP contribution >= 0.6 is 11.6 Å². The Bertz CT molecular complexity index is 996. The van der Waals surface area contributed by atoms with Crippen molar-refractivity contribution in [1.82, 2.24) is 9.88 Å². The average molecular weight is 490 g/mol. The number of benzene rings is 1. The predicted molar refractivity (Wildman–Crippen MR) is 131 cm³/mol. The largest absolute Gasteiger partial charge is 0.435 e. The predicted octanol–water partition coefficient (Wildman–Crippen LogP) is 6.04. The lowest BCUT2D eigenvalue weighted by atomic mass is 9.95. The maximum absolute atomic E-state index is 12.4. The van der Waals surface area contributed by atoms with Gasteiger partial charge in [-0.25, -0.2) is 0 Å². The Hall–Kier alpha value is -2.74. The molecule has 0 saturated carbocycles. The van der Waals surface area contributed by atoms with Gasteiger partial charge in [0.25, 0.3) is 0 Å². The normalized spacial score (nSPS) is 20.1. The van der Waals surface area contributed by atoms with Crippen molar-refractivity contribution in [2.45, 2.75) is 38.5 Å². The van der Waals surface area contributed by atoms with Gasteiger partial charge in [-0.1, -0.05) is 36.4 Å². The molecule has 1 atom stereocenters. The van der Waals surface area contributed by atoms with Crippen LogP contribution in [0.15, 0.2) is 78.7 Å². The van der Waals surface area contributed by atoms with Gasteiger partial charge in [0.2, 0.25) is 0 Å². The molecule has 1 aliphatic rings. The van der Waals surface area contributed by atoms with Crippen LogP contribution in [0, 0.1) is 0 Å². The Balaban J connectivity index is 1.73. The molecule has 3 rings (SSSR count). The zero-order chi connectivity index (χ0) is 24.3. The molecular weight excluding hydrogens is 460 g/mol. The molecule has 1 aliphatic heterocycles. The lowest BCUT2D eigenvalue weighted by Crippen LogP contribution is -2.26. The molecule has 5 nitrogen and oxygen atoms in total. The zero-order valence-corrected chi connectivity index (χ0v) is 19.8. The van der Waals surface area contributed by atoms with Crippen LogP contribution in [0.25, 0.3) is 0 Å². The third kappa shape index (κ3) is 7.94. The van der Waals surface area contributed by atoms with Crippen molar-refractivity contribution in [3.05, 3.63) is 95.0 Å². The van der Waals surface area contributed by atoms with Crippen molar-refractivity contribution in [2.24, 2.45) is 5.73 Å². The monoisotopic (exact) mass is 489 g/mol. The Morgan fingerprint density at radius 3 is 2.71 bits per heavy atom. The van der Waals surface area contributed by atoms with Crippen LogP contribution < -0.4 is 10.5 Å². The maximum atomic E-state index is 12.4. The SMILES string of the molecule is C=C1CCCN(Cc2ccc(OC(F)F)cc2)CCCOC(c2cc(Cl)ccn2)/C1=C/C=C\N. The smallest absolute Gasteiger partial charge is 0.387 e. The Kier molecular flexibility index (Phi) is 10.1. The number of aromatic nitrogens is 1. The molecule has 34 heavy (non-hydrogen) atoms. The summed E-state index contributed by atoms with van der Waals surface area (Å²) in [6.07, 6.45) is 8.96. The van der Waals surface area contributed by atoms with E-state index in [4.69, 9.17) is 22.1 Å². The number of alkyl halides is 2. The first-order valence-corrected chi connectivity index (χ1v) is 11.6. The summed E-state index contributed by atoms with van der Waals surface area (Å²) in [5, 5.41) is 0.596. The Morgan fingerprint density at radius 2 is 2.00 bits per heavy atom. The van der Waals surface area contributed by atoms with Crippen LogP contribution in [-0.4, -0.2) is 36.2 Å². The van der Waals surface area contributed by atoms with E-state index < -0.39 is 12.7 Å². The minimum absolute atomic E-state index is 0.160. The van der Waals surface area contributed by atoms with E-state index in [1.165, 1.54) is 6.20 Å². The molecule has 0 radical (unpaired) electrons. The first kappa shape index (κ1) is 25.9. The minimum Gasteiger partial charge on any atom is -0.435 e. The van der Waals surface area contributed by atoms with Crippen LogP contribution in [0.3, 0.4) is 0 Å². The summed E-state index contributed by atoms with van der Waals surface area (Å²) in [4.78, 5) is 6.82. The van der Waals surface area contributed by atoms with Crippen molar-refractivity contribution < 1.29 is 18.3 Å². The molecule has 0 aliphatic carbocycles. The summed E-state index contributed by atoms with van der Waals surface area (Å²) in [6.45, 7) is 4.42. The fourth-order valence-corrected chi connectivity index (χ4v) is 4.07. The van der Waals surface area contributed by atoms with Crippen molar-refractivity contribution in [3.8, 4) is 5.75 Å². The van der Waals surface area contributed by atoms with Crippen molar-refractivity contribution in [3.63, 3.8) is 0 Å². The van der Waals surface area contributed by atoms with Crippen LogP contribution in [0.5, 0.6) is 5.75 Å². The van der Waals surface area contributed by atoms with E-state index in [2.05, 4.69) is 21.2 Å². The number of halogens is 3. The van der Waals surface area contributed by atoms with E-state index in [9.17, 15) is 8.78 Å². The molecule has 8 heteroatoms. The molecule has 0 amide bonds. The Morgan fingerprint density at radius 1 is 1.24 bits per heavy atom. The molecule has 0 spiro atoms. The first-order valence-electron chi connectivity index (χ1n) is 11.2. The van der Waals surface area contributed by atoms with E-state index in [0.717, 1.165) is 54.8 Å². The van der Waals surface area contributed by atoms with Crippen LogP contribution in [0.2, 0.25) is 5.02 Å². The molecule has 2 N–H and O–H groups in total. The van der Waals surface area contributed by atoms with Gasteiger partial charge in [0, 0.05) is 30.9 Å². The molecule has 2 heterocycles. The number of nitrogens with zero attached hydrogens (tertiary/aromatic N) is 2. The maximum Gasteiger partial charge on any atom is 0.387 e. The van der Waals surface area contributed by atoms with Crippen molar-refractivity contribution in [1.29, 1.82) is 0 Å². The van der Waals surface area contributed by atoms with E-state index in [-0.39, 0.29) is 5.75 Å². The molecule has 1 fully saturated rings. The van der Waals surface area contributed by atoms with Crippen molar-refractivity contribution in [2.75, 3.05) is 19.7 Å². The lowest BCUT2D eigenvalue weighted by Gasteiger charge is -2.22. The molecule has 0 bridgehead atoms. The summed E-state index contributed by atoms with van der Waals surface area (Å²) in [5.74, 6) is 0.160. The second-order valence-electron chi connectivity index (χ2n) is 8.02. The lowest BCUT2D eigenvalue weighted by molar-refractivity contribution is -0.0498. The fourth-order valence-electron chi connectivity index (χ4n) is 3.90. The molecule has 1 saturated heterocycles. The number of hydrogen-bond acceptors (Lipinski definition) is 5. The summed E-state index contributed by atoms with van der Waals surface area (Å²) in [7, 11) is 0. The van der Waals surface area contributed by atoms with E-state index in [0.29, 0.717) is 18.2 Å². The summed E-state index contributed by atoms with van der Waals surface area (Å²) < 4.78 is 35.5. The van der Waals surface area contributed by atoms with Gasteiger partial charge in [0.15, 0.2) is 0 Å². The van der Waals surface area contributed by atoms with Gasteiger partial charge < -0.3 is 15.2 Å². The van der Waals surface area contributed by atoms with Gasteiger partial charge in [0.05, 0.1) is 5.69 Å². The molecule has 1 aromatic heterocycles. The standard InChI is InChI=1S/C26H30ClF2N3O2/c1-19-5-3-14-32(18-20-7-9-22(10-8-20)34-26(28)29)15-4-16-33-25(23(19)6-2-12-30)24-17-21(27)11-13-31-24/h2,6-13,17,25-26H,1,3-5,14-16,18,30H2/b12-2-,23-6+. The van der Waals surface area contributed by atoms with Crippen LogP contribution in [0.4, 0.5) is 8.78 Å². The zero-order valence-electron chi connectivity index (χ0n) is 19.0.